The molecule has 0 unspecified atom stereocenters. The highest BCUT2D eigenvalue weighted by Gasteiger charge is 2.28. The van der Waals surface area contributed by atoms with Crippen LogP contribution in [0.3, 0.4) is 0 Å². The predicted molar refractivity (Wildman–Crippen MR) is 99.6 cm³/mol. The Morgan fingerprint density at radius 1 is 1.20 bits per heavy atom. The zero-order valence-electron chi connectivity index (χ0n) is 15.2. The lowest BCUT2D eigenvalue weighted by Crippen LogP contribution is -2.46. The van der Waals surface area contributed by atoms with Gasteiger partial charge in [0.15, 0.2) is 0 Å². The number of fused-ring (bicyclic) bond motifs is 1. The Hall–Kier alpha value is -1.88. The molecule has 1 saturated heterocycles. The molecule has 1 fully saturated rings. The first-order chi connectivity index (χ1) is 12.2. The number of carbonyl (C=O) groups is 2. The summed E-state index contributed by atoms with van der Waals surface area (Å²) in [5.41, 5.74) is 2.09. The van der Waals surface area contributed by atoms with Gasteiger partial charge in [-0.15, -0.1) is 0 Å². The first kappa shape index (κ1) is 17.9. The average Bonchev–Trinajstić information content (AvgIpc) is 2.79. The van der Waals surface area contributed by atoms with Crippen LogP contribution in [0.1, 0.15) is 37.7 Å². The summed E-state index contributed by atoms with van der Waals surface area (Å²) in [6.45, 7) is 2.85. The van der Waals surface area contributed by atoms with Crippen LogP contribution < -0.4 is 10.2 Å². The van der Waals surface area contributed by atoms with Gasteiger partial charge in [-0.25, -0.2) is 0 Å². The summed E-state index contributed by atoms with van der Waals surface area (Å²) in [4.78, 5) is 28.9. The second-order valence-electron chi connectivity index (χ2n) is 7.18. The van der Waals surface area contributed by atoms with E-state index < -0.39 is 0 Å². The molecule has 0 saturated carbocycles. The van der Waals surface area contributed by atoms with Gasteiger partial charge >= 0.3 is 0 Å². The predicted octanol–water partition coefficient (Wildman–Crippen LogP) is 2.20. The lowest BCUT2D eigenvalue weighted by molar-refractivity contribution is -0.132. The number of nitrogens with one attached hydrogen (secondary N) is 1. The zero-order valence-corrected chi connectivity index (χ0v) is 15.2. The fraction of sp³-hybridized carbons (Fsp3) is 0.600. The van der Waals surface area contributed by atoms with E-state index in [-0.39, 0.29) is 18.4 Å². The van der Waals surface area contributed by atoms with Crippen molar-refractivity contribution in [2.75, 3.05) is 38.1 Å². The normalized spacial score (nSPS) is 18.8. The van der Waals surface area contributed by atoms with E-state index in [2.05, 4.69) is 11.4 Å². The summed E-state index contributed by atoms with van der Waals surface area (Å²) in [6, 6.07) is 7.99. The van der Waals surface area contributed by atoms with Gasteiger partial charge in [-0.1, -0.05) is 18.2 Å². The minimum absolute atomic E-state index is 0.0715. The molecule has 136 valence electrons. The quantitative estimate of drug-likeness (QED) is 0.892. The van der Waals surface area contributed by atoms with Crippen molar-refractivity contribution in [3.63, 3.8) is 0 Å². The van der Waals surface area contributed by atoms with E-state index >= 15 is 0 Å². The van der Waals surface area contributed by atoms with E-state index in [1.165, 1.54) is 12.0 Å². The van der Waals surface area contributed by atoms with Crippen molar-refractivity contribution in [3.05, 3.63) is 29.8 Å². The van der Waals surface area contributed by atoms with Gasteiger partial charge in [0.05, 0.1) is 0 Å². The van der Waals surface area contributed by atoms with E-state index in [0.29, 0.717) is 12.3 Å². The number of rotatable bonds is 5. The van der Waals surface area contributed by atoms with Gasteiger partial charge in [-0.05, 0) is 63.2 Å². The third-order valence-corrected chi connectivity index (χ3v) is 5.48. The van der Waals surface area contributed by atoms with Gasteiger partial charge in [-0.2, -0.15) is 0 Å². The van der Waals surface area contributed by atoms with E-state index in [9.17, 15) is 9.59 Å². The van der Waals surface area contributed by atoms with Crippen molar-refractivity contribution in [1.82, 2.24) is 10.2 Å². The Kier molecular flexibility index (Phi) is 6.08. The largest absolute Gasteiger partial charge is 0.341 e. The van der Waals surface area contributed by atoms with Crippen LogP contribution >= 0.6 is 0 Å². The Morgan fingerprint density at radius 2 is 1.96 bits per heavy atom. The molecule has 2 aliphatic heterocycles. The molecule has 25 heavy (non-hydrogen) atoms. The third kappa shape index (κ3) is 4.40. The number of para-hydroxylation sites is 1. The van der Waals surface area contributed by atoms with Crippen LogP contribution in [0, 0.1) is 5.92 Å². The highest BCUT2D eigenvalue weighted by atomic mass is 16.2. The Morgan fingerprint density at radius 3 is 2.72 bits per heavy atom. The lowest BCUT2D eigenvalue weighted by atomic mass is 9.93. The number of hydrogen-bond donors (Lipinski definition) is 1. The summed E-state index contributed by atoms with van der Waals surface area (Å²) in [5.74, 6) is 0.858. The lowest BCUT2D eigenvalue weighted by Gasteiger charge is -2.33. The van der Waals surface area contributed by atoms with E-state index in [0.717, 1.165) is 51.0 Å². The van der Waals surface area contributed by atoms with Gasteiger partial charge < -0.3 is 15.1 Å². The molecule has 1 aromatic rings. The number of carbonyl (C=O) groups excluding carboxylic acids is 2. The Bertz CT molecular complexity index is 609. The van der Waals surface area contributed by atoms with Gasteiger partial charge in [0.1, 0.15) is 6.54 Å². The van der Waals surface area contributed by atoms with Crippen molar-refractivity contribution in [2.24, 2.45) is 5.92 Å². The fourth-order valence-corrected chi connectivity index (χ4v) is 3.91. The maximum atomic E-state index is 12.8. The smallest absolute Gasteiger partial charge is 0.242 e. The van der Waals surface area contributed by atoms with Crippen molar-refractivity contribution in [3.8, 4) is 0 Å². The monoisotopic (exact) mass is 343 g/mol. The fourth-order valence-electron chi connectivity index (χ4n) is 3.91. The van der Waals surface area contributed by atoms with Crippen LogP contribution in [-0.2, 0) is 16.0 Å². The van der Waals surface area contributed by atoms with Gasteiger partial charge in [-0.3, -0.25) is 9.59 Å². The average molecular weight is 343 g/mol. The van der Waals surface area contributed by atoms with Crippen LogP contribution in [0.25, 0.3) is 0 Å². The van der Waals surface area contributed by atoms with Crippen molar-refractivity contribution in [2.45, 2.75) is 38.5 Å². The van der Waals surface area contributed by atoms with Gasteiger partial charge in [0.2, 0.25) is 11.8 Å². The van der Waals surface area contributed by atoms with Crippen LogP contribution in [0.15, 0.2) is 24.3 Å². The molecule has 5 nitrogen and oxygen atoms in total. The maximum absolute atomic E-state index is 12.8. The molecule has 1 N–H and O–H groups in total. The maximum Gasteiger partial charge on any atom is 0.242 e. The molecule has 1 aromatic carbocycles. The summed E-state index contributed by atoms with van der Waals surface area (Å²) in [5, 5.41) is 3.20. The second-order valence-corrected chi connectivity index (χ2v) is 7.18. The van der Waals surface area contributed by atoms with Crippen molar-refractivity contribution in [1.29, 1.82) is 0 Å². The summed E-state index contributed by atoms with van der Waals surface area (Å²) < 4.78 is 0. The van der Waals surface area contributed by atoms with Crippen molar-refractivity contribution >= 4 is 17.5 Å². The Balaban J connectivity index is 1.62. The summed E-state index contributed by atoms with van der Waals surface area (Å²) >= 11 is 0. The van der Waals surface area contributed by atoms with Gasteiger partial charge in [0.25, 0.3) is 0 Å². The van der Waals surface area contributed by atoms with Crippen LogP contribution in [0.5, 0.6) is 0 Å². The summed E-state index contributed by atoms with van der Waals surface area (Å²) in [6.07, 6.45) is 5.60. The molecule has 0 spiro atoms. The number of anilines is 1. The van der Waals surface area contributed by atoms with Crippen molar-refractivity contribution < 1.29 is 9.59 Å². The molecule has 0 aliphatic carbocycles. The minimum atomic E-state index is 0.0715. The first-order valence-corrected chi connectivity index (χ1v) is 9.49. The van der Waals surface area contributed by atoms with Crippen LogP contribution in [0.4, 0.5) is 5.69 Å². The summed E-state index contributed by atoms with van der Waals surface area (Å²) in [7, 11) is 1.98. The third-order valence-electron chi connectivity index (χ3n) is 5.48. The van der Waals surface area contributed by atoms with Crippen LogP contribution in [-0.4, -0.2) is 49.9 Å². The Labute approximate surface area is 150 Å². The van der Waals surface area contributed by atoms with E-state index in [1.54, 1.807) is 4.90 Å². The number of benzene rings is 1. The SMILES string of the molecule is CNCCC1CCN(C(=O)CN2C(=O)CCCc3ccccc32)CC1. The zero-order chi connectivity index (χ0) is 17.6. The molecule has 2 heterocycles. The van der Waals surface area contributed by atoms with Crippen LogP contribution in [0.2, 0.25) is 0 Å². The number of aryl methyl sites for hydroxylation is 1. The second kappa shape index (κ2) is 8.48. The molecule has 0 bridgehead atoms. The molecule has 0 atom stereocenters. The standard InChI is InChI=1S/C20H29N3O2/c1-21-12-9-16-10-13-22(14-11-16)20(25)15-23-18-7-3-2-5-17(18)6-4-8-19(23)24/h2-3,5,7,16,21H,4,6,8-15H2,1H3. The number of likely N-dealkylation sites (tertiary alicyclic amines) is 1. The van der Waals surface area contributed by atoms with E-state index in [1.807, 2.05) is 30.1 Å². The molecule has 2 aliphatic rings. The molecular formula is C20H29N3O2. The minimum Gasteiger partial charge on any atom is -0.341 e. The highest BCUT2D eigenvalue weighted by molar-refractivity contribution is 5.99. The molecular weight excluding hydrogens is 314 g/mol. The molecule has 0 radical (unpaired) electrons. The molecule has 0 aromatic heterocycles. The van der Waals surface area contributed by atoms with Gasteiger partial charge in [0, 0.05) is 25.2 Å². The first-order valence-electron chi connectivity index (χ1n) is 9.49. The number of nitrogens with zero attached hydrogens (tertiary/aromatic N) is 2. The number of amides is 2. The highest BCUT2D eigenvalue weighted by Crippen LogP contribution is 2.27. The molecule has 3 rings (SSSR count). The molecule has 2 amide bonds. The van der Waals surface area contributed by atoms with E-state index in [4.69, 9.17) is 0 Å². The number of hydrogen-bond acceptors (Lipinski definition) is 3. The molecule has 5 heteroatoms. The number of piperidine rings is 1. The topological polar surface area (TPSA) is 52.7 Å².